The molecule has 1 aromatic heterocycles. The predicted octanol–water partition coefficient (Wildman–Crippen LogP) is 3.23. The van der Waals surface area contributed by atoms with Crippen LogP contribution in [-0.4, -0.2) is 25.3 Å². The molecule has 0 saturated heterocycles. The zero-order valence-electron chi connectivity index (χ0n) is 12.3. The molecule has 6 nitrogen and oxygen atoms in total. The highest BCUT2D eigenvalue weighted by atomic mass is 16.5. The van der Waals surface area contributed by atoms with E-state index in [9.17, 15) is 9.90 Å². The van der Waals surface area contributed by atoms with Gasteiger partial charge in [-0.25, -0.2) is 0 Å². The number of aromatic hydroxyl groups is 1. The SMILES string of the molecule is COc1cc(O)c2c(c1)oc1cc(OC)cc(OC(C)=O)c12. The van der Waals surface area contributed by atoms with Crippen LogP contribution in [0.2, 0.25) is 0 Å². The summed E-state index contributed by atoms with van der Waals surface area (Å²) in [5, 5.41) is 11.2. The van der Waals surface area contributed by atoms with Crippen LogP contribution in [0.5, 0.6) is 23.0 Å². The highest BCUT2D eigenvalue weighted by Gasteiger charge is 2.19. The van der Waals surface area contributed by atoms with Gasteiger partial charge in [0.05, 0.1) is 25.0 Å². The zero-order chi connectivity index (χ0) is 15.9. The number of rotatable bonds is 3. The third kappa shape index (κ3) is 2.18. The molecule has 0 aliphatic carbocycles. The lowest BCUT2D eigenvalue weighted by atomic mass is 10.1. The van der Waals surface area contributed by atoms with Gasteiger partial charge in [0, 0.05) is 31.2 Å². The maximum Gasteiger partial charge on any atom is 0.308 e. The van der Waals surface area contributed by atoms with Gasteiger partial charge in [-0.05, 0) is 0 Å². The van der Waals surface area contributed by atoms with Crippen molar-refractivity contribution in [2.45, 2.75) is 6.92 Å². The van der Waals surface area contributed by atoms with Gasteiger partial charge in [-0.15, -0.1) is 0 Å². The van der Waals surface area contributed by atoms with Gasteiger partial charge in [-0.2, -0.15) is 0 Å². The summed E-state index contributed by atoms with van der Waals surface area (Å²) in [7, 11) is 3.00. The van der Waals surface area contributed by atoms with Crippen LogP contribution in [-0.2, 0) is 4.79 Å². The summed E-state index contributed by atoms with van der Waals surface area (Å²) in [5.74, 6) is 0.712. The van der Waals surface area contributed by atoms with Crippen molar-refractivity contribution < 1.29 is 28.5 Å². The van der Waals surface area contributed by atoms with Gasteiger partial charge in [0.1, 0.15) is 34.2 Å². The van der Waals surface area contributed by atoms with Crippen LogP contribution in [0.4, 0.5) is 0 Å². The number of hydrogen-bond donors (Lipinski definition) is 1. The molecule has 0 saturated carbocycles. The minimum Gasteiger partial charge on any atom is -0.507 e. The molecule has 0 aliphatic rings. The van der Waals surface area contributed by atoms with Gasteiger partial charge < -0.3 is 23.7 Å². The average Bonchev–Trinajstić information content (AvgIpc) is 2.85. The number of benzene rings is 2. The van der Waals surface area contributed by atoms with Gasteiger partial charge in [-0.3, -0.25) is 4.79 Å². The van der Waals surface area contributed by atoms with Crippen molar-refractivity contribution >= 4 is 27.9 Å². The summed E-state index contributed by atoms with van der Waals surface area (Å²) in [5.41, 5.74) is 0.864. The molecule has 114 valence electrons. The van der Waals surface area contributed by atoms with Crippen molar-refractivity contribution in [3.63, 3.8) is 0 Å². The van der Waals surface area contributed by atoms with Crippen molar-refractivity contribution in [1.82, 2.24) is 0 Å². The molecule has 0 radical (unpaired) electrons. The molecule has 0 spiro atoms. The van der Waals surface area contributed by atoms with Crippen LogP contribution in [0.15, 0.2) is 28.7 Å². The normalized spacial score (nSPS) is 10.9. The second kappa shape index (κ2) is 5.14. The monoisotopic (exact) mass is 302 g/mol. The van der Waals surface area contributed by atoms with Crippen molar-refractivity contribution in [3.8, 4) is 23.0 Å². The molecule has 0 bridgehead atoms. The standard InChI is InChI=1S/C16H14O6/c1-8(17)21-13-6-10(20-3)7-14-16(13)15-11(18)4-9(19-2)5-12(15)22-14/h4-7,18H,1-3H3. The first-order valence-electron chi connectivity index (χ1n) is 6.53. The summed E-state index contributed by atoms with van der Waals surface area (Å²) < 4.78 is 21.2. The Morgan fingerprint density at radius 1 is 1.00 bits per heavy atom. The Balaban J connectivity index is 2.40. The molecule has 6 heteroatoms. The van der Waals surface area contributed by atoms with Crippen molar-refractivity contribution in [2.24, 2.45) is 0 Å². The number of esters is 1. The smallest absolute Gasteiger partial charge is 0.308 e. The van der Waals surface area contributed by atoms with Gasteiger partial charge in [-0.1, -0.05) is 0 Å². The van der Waals surface area contributed by atoms with E-state index in [1.165, 1.54) is 27.2 Å². The molecule has 3 aromatic rings. The molecule has 0 aliphatic heterocycles. The fraction of sp³-hybridized carbons (Fsp3) is 0.188. The van der Waals surface area contributed by atoms with Gasteiger partial charge in [0.25, 0.3) is 0 Å². The summed E-state index contributed by atoms with van der Waals surface area (Å²) in [6.07, 6.45) is 0. The van der Waals surface area contributed by atoms with Crippen LogP contribution in [0, 0.1) is 0 Å². The highest BCUT2D eigenvalue weighted by molar-refractivity contribution is 6.12. The van der Waals surface area contributed by atoms with Crippen LogP contribution < -0.4 is 14.2 Å². The van der Waals surface area contributed by atoms with Crippen LogP contribution in [0.1, 0.15) is 6.92 Å². The molecule has 0 atom stereocenters. The van der Waals surface area contributed by atoms with E-state index in [2.05, 4.69) is 0 Å². The first kappa shape index (κ1) is 14.1. The fourth-order valence-corrected chi connectivity index (χ4v) is 2.39. The van der Waals surface area contributed by atoms with Gasteiger partial charge in [0.15, 0.2) is 0 Å². The first-order valence-corrected chi connectivity index (χ1v) is 6.53. The summed E-state index contributed by atoms with van der Waals surface area (Å²) >= 11 is 0. The van der Waals surface area contributed by atoms with Gasteiger partial charge >= 0.3 is 5.97 Å². The van der Waals surface area contributed by atoms with E-state index in [0.717, 1.165) is 0 Å². The number of carbonyl (C=O) groups is 1. The number of phenolic OH excluding ortho intramolecular Hbond substituents is 1. The molecular weight excluding hydrogens is 288 g/mol. The Bertz CT molecular complexity index is 877. The van der Waals surface area contributed by atoms with Crippen molar-refractivity contribution in [3.05, 3.63) is 24.3 Å². The third-order valence-corrected chi connectivity index (χ3v) is 3.29. The average molecular weight is 302 g/mol. The summed E-state index contributed by atoms with van der Waals surface area (Å²) in [6, 6.07) is 6.36. The lowest BCUT2D eigenvalue weighted by Crippen LogP contribution is -2.01. The van der Waals surface area contributed by atoms with E-state index < -0.39 is 5.97 Å². The maximum absolute atomic E-state index is 11.3. The number of ether oxygens (including phenoxy) is 3. The van der Waals surface area contributed by atoms with E-state index in [4.69, 9.17) is 18.6 Å². The van der Waals surface area contributed by atoms with Crippen LogP contribution in [0.3, 0.4) is 0 Å². The Kier molecular flexibility index (Phi) is 3.29. The lowest BCUT2D eigenvalue weighted by molar-refractivity contribution is -0.131. The van der Waals surface area contributed by atoms with Gasteiger partial charge in [0.2, 0.25) is 0 Å². The van der Waals surface area contributed by atoms with Crippen molar-refractivity contribution in [2.75, 3.05) is 14.2 Å². The molecule has 2 aromatic carbocycles. The molecule has 0 fully saturated rings. The van der Waals surface area contributed by atoms with E-state index in [0.29, 0.717) is 33.4 Å². The Morgan fingerprint density at radius 3 is 2.18 bits per heavy atom. The van der Waals surface area contributed by atoms with E-state index in [1.54, 1.807) is 18.2 Å². The topological polar surface area (TPSA) is 78.1 Å². The van der Waals surface area contributed by atoms with E-state index in [1.807, 2.05) is 0 Å². The zero-order valence-corrected chi connectivity index (χ0v) is 12.3. The summed E-state index contributed by atoms with van der Waals surface area (Å²) in [6.45, 7) is 1.30. The van der Waals surface area contributed by atoms with E-state index in [-0.39, 0.29) is 11.5 Å². The molecule has 1 heterocycles. The Hall–Kier alpha value is -2.89. The van der Waals surface area contributed by atoms with Crippen molar-refractivity contribution in [1.29, 1.82) is 0 Å². The van der Waals surface area contributed by atoms with Crippen LogP contribution in [0.25, 0.3) is 21.9 Å². The molecule has 22 heavy (non-hydrogen) atoms. The maximum atomic E-state index is 11.3. The quantitative estimate of drug-likeness (QED) is 0.591. The number of fused-ring (bicyclic) bond motifs is 3. The fourth-order valence-electron chi connectivity index (χ4n) is 2.39. The molecule has 3 rings (SSSR count). The number of furan rings is 1. The molecule has 0 amide bonds. The van der Waals surface area contributed by atoms with Crippen LogP contribution >= 0.6 is 0 Å². The molecule has 1 N–H and O–H groups in total. The number of carbonyl (C=O) groups excluding carboxylic acids is 1. The number of methoxy groups -OCH3 is 2. The third-order valence-electron chi connectivity index (χ3n) is 3.29. The second-order valence-electron chi connectivity index (χ2n) is 4.71. The Morgan fingerprint density at radius 2 is 1.59 bits per heavy atom. The lowest BCUT2D eigenvalue weighted by Gasteiger charge is -2.06. The van der Waals surface area contributed by atoms with E-state index >= 15 is 0 Å². The predicted molar refractivity (Wildman–Crippen MR) is 79.8 cm³/mol. The Labute approximate surface area is 125 Å². The first-order chi connectivity index (χ1) is 10.5. The molecule has 0 unspecified atom stereocenters. The summed E-state index contributed by atoms with van der Waals surface area (Å²) in [4.78, 5) is 11.3. The number of hydrogen-bond acceptors (Lipinski definition) is 6. The minimum absolute atomic E-state index is 0.0216. The number of phenols is 1. The largest absolute Gasteiger partial charge is 0.507 e. The highest BCUT2D eigenvalue weighted by Crippen LogP contribution is 2.43. The second-order valence-corrected chi connectivity index (χ2v) is 4.71. The molecular formula is C16H14O6. The minimum atomic E-state index is -0.475.